The molecule has 0 aliphatic rings. The van der Waals surface area contributed by atoms with Gasteiger partial charge in [-0.05, 0) is 24.6 Å². The zero-order valence-electron chi connectivity index (χ0n) is 10.3. The molecule has 0 heterocycles. The summed E-state index contributed by atoms with van der Waals surface area (Å²) in [5.41, 5.74) is 1.51. The lowest BCUT2D eigenvalue weighted by atomic mass is 10.1. The molecule has 2 rings (SSSR count). The number of anilines is 1. The van der Waals surface area contributed by atoms with Crippen molar-refractivity contribution in [1.82, 2.24) is 0 Å². The van der Waals surface area contributed by atoms with Crippen LogP contribution in [0.25, 0.3) is 0 Å². The summed E-state index contributed by atoms with van der Waals surface area (Å²) in [5, 5.41) is 14.5. The van der Waals surface area contributed by atoms with Crippen LogP contribution in [0.3, 0.4) is 0 Å². The van der Waals surface area contributed by atoms with Gasteiger partial charge in [0.15, 0.2) is 0 Å². The maximum atomic E-state index is 11.0. The zero-order valence-corrected chi connectivity index (χ0v) is 11.1. The van der Waals surface area contributed by atoms with E-state index in [9.17, 15) is 10.1 Å². The number of rotatable bonds is 4. The van der Waals surface area contributed by atoms with Crippen molar-refractivity contribution in [3.63, 3.8) is 0 Å². The van der Waals surface area contributed by atoms with Crippen LogP contribution in [-0.2, 0) is 0 Å². The van der Waals surface area contributed by atoms with Crippen molar-refractivity contribution in [1.29, 1.82) is 0 Å². The van der Waals surface area contributed by atoms with Gasteiger partial charge in [0.2, 0.25) is 0 Å². The predicted octanol–water partition coefficient (Wildman–Crippen LogP) is 4.42. The first-order valence-corrected chi connectivity index (χ1v) is 6.21. The van der Waals surface area contributed by atoms with Crippen LogP contribution < -0.4 is 5.32 Å². The lowest BCUT2D eigenvalue weighted by molar-refractivity contribution is -0.384. The number of nitro groups is 1. The SMILES string of the molecule is C[C@H](Nc1ccc(Cl)cc1[N+](=O)[O-])c1ccccc1. The molecule has 0 saturated heterocycles. The van der Waals surface area contributed by atoms with Gasteiger partial charge in [0.25, 0.3) is 5.69 Å². The minimum absolute atomic E-state index is 0.0183. The van der Waals surface area contributed by atoms with Gasteiger partial charge in [0, 0.05) is 17.1 Å². The molecule has 19 heavy (non-hydrogen) atoms. The van der Waals surface area contributed by atoms with Crippen molar-refractivity contribution in [2.75, 3.05) is 5.32 Å². The minimum Gasteiger partial charge on any atom is -0.373 e. The number of benzene rings is 2. The fourth-order valence-corrected chi connectivity index (χ4v) is 2.00. The molecule has 2 aromatic rings. The largest absolute Gasteiger partial charge is 0.373 e. The van der Waals surface area contributed by atoms with E-state index in [1.54, 1.807) is 12.1 Å². The van der Waals surface area contributed by atoms with Gasteiger partial charge in [-0.3, -0.25) is 10.1 Å². The third-order valence-corrected chi connectivity index (χ3v) is 3.06. The molecule has 0 bridgehead atoms. The van der Waals surface area contributed by atoms with Crippen LogP contribution in [0.2, 0.25) is 5.02 Å². The van der Waals surface area contributed by atoms with E-state index in [4.69, 9.17) is 11.6 Å². The van der Waals surface area contributed by atoms with Crippen molar-refractivity contribution >= 4 is 23.0 Å². The summed E-state index contributed by atoms with van der Waals surface area (Å²) in [5.74, 6) is 0. The lowest BCUT2D eigenvalue weighted by Gasteiger charge is -2.15. The van der Waals surface area contributed by atoms with Crippen LogP contribution in [0.5, 0.6) is 0 Å². The van der Waals surface area contributed by atoms with E-state index < -0.39 is 4.92 Å². The molecule has 0 spiro atoms. The first-order valence-electron chi connectivity index (χ1n) is 5.83. The van der Waals surface area contributed by atoms with Gasteiger partial charge in [-0.1, -0.05) is 41.9 Å². The van der Waals surface area contributed by atoms with Crippen LogP contribution in [-0.4, -0.2) is 4.92 Å². The molecule has 1 atom stereocenters. The highest BCUT2D eigenvalue weighted by Crippen LogP contribution is 2.30. The van der Waals surface area contributed by atoms with Gasteiger partial charge >= 0.3 is 0 Å². The van der Waals surface area contributed by atoms with Gasteiger partial charge in [0.05, 0.1) is 4.92 Å². The van der Waals surface area contributed by atoms with Crippen molar-refractivity contribution in [2.24, 2.45) is 0 Å². The van der Waals surface area contributed by atoms with E-state index in [0.29, 0.717) is 10.7 Å². The van der Waals surface area contributed by atoms with Crippen molar-refractivity contribution in [3.8, 4) is 0 Å². The quantitative estimate of drug-likeness (QED) is 0.664. The summed E-state index contributed by atoms with van der Waals surface area (Å²) in [7, 11) is 0. The zero-order chi connectivity index (χ0) is 13.8. The summed E-state index contributed by atoms with van der Waals surface area (Å²) >= 11 is 5.78. The van der Waals surface area contributed by atoms with E-state index in [1.165, 1.54) is 6.07 Å². The van der Waals surface area contributed by atoms with Gasteiger partial charge in [-0.25, -0.2) is 0 Å². The molecule has 4 nitrogen and oxygen atoms in total. The normalized spacial score (nSPS) is 11.9. The Labute approximate surface area is 116 Å². The highest BCUT2D eigenvalue weighted by molar-refractivity contribution is 6.30. The molecule has 1 N–H and O–H groups in total. The third-order valence-electron chi connectivity index (χ3n) is 2.83. The molecular weight excluding hydrogens is 264 g/mol. The second-order valence-corrected chi connectivity index (χ2v) is 4.63. The summed E-state index contributed by atoms with van der Waals surface area (Å²) in [6.07, 6.45) is 0. The molecular formula is C14H13ClN2O2. The predicted molar refractivity (Wildman–Crippen MR) is 76.6 cm³/mol. The Morgan fingerprint density at radius 2 is 1.89 bits per heavy atom. The molecule has 0 fully saturated rings. The second kappa shape index (κ2) is 5.71. The van der Waals surface area contributed by atoms with Crippen LogP contribution in [0.1, 0.15) is 18.5 Å². The Hall–Kier alpha value is -2.07. The number of nitro benzene ring substituents is 1. The fourth-order valence-electron chi connectivity index (χ4n) is 1.84. The number of hydrogen-bond donors (Lipinski definition) is 1. The van der Waals surface area contributed by atoms with E-state index in [2.05, 4.69) is 5.32 Å². The Bertz CT molecular complexity index is 587. The highest BCUT2D eigenvalue weighted by atomic mass is 35.5. The van der Waals surface area contributed by atoms with Crippen LogP contribution in [0.15, 0.2) is 48.5 Å². The van der Waals surface area contributed by atoms with Gasteiger partial charge in [0.1, 0.15) is 5.69 Å². The Morgan fingerprint density at radius 3 is 2.53 bits per heavy atom. The summed E-state index contributed by atoms with van der Waals surface area (Å²) < 4.78 is 0. The van der Waals surface area contributed by atoms with E-state index in [1.807, 2.05) is 37.3 Å². The topological polar surface area (TPSA) is 55.2 Å². The van der Waals surface area contributed by atoms with E-state index in [0.717, 1.165) is 5.56 Å². The summed E-state index contributed by atoms with van der Waals surface area (Å²) in [4.78, 5) is 10.6. The molecule has 0 radical (unpaired) electrons. The second-order valence-electron chi connectivity index (χ2n) is 4.20. The lowest BCUT2D eigenvalue weighted by Crippen LogP contribution is -2.08. The van der Waals surface area contributed by atoms with Crippen LogP contribution in [0.4, 0.5) is 11.4 Å². The molecule has 0 aromatic heterocycles. The molecule has 2 aromatic carbocycles. The van der Waals surface area contributed by atoms with Crippen LogP contribution >= 0.6 is 11.6 Å². The smallest absolute Gasteiger partial charge is 0.293 e. The van der Waals surface area contributed by atoms with E-state index >= 15 is 0 Å². The van der Waals surface area contributed by atoms with E-state index in [-0.39, 0.29) is 11.7 Å². The number of hydrogen-bond acceptors (Lipinski definition) is 3. The summed E-state index contributed by atoms with van der Waals surface area (Å²) in [6.45, 7) is 1.95. The number of nitrogens with zero attached hydrogens (tertiary/aromatic N) is 1. The molecule has 0 aliphatic carbocycles. The highest BCUT2D eigenvalue weighted by Gasteiger charge is 2.16. The Kier molecular flexibility index (Phi) is 4.02. The average Bonchev–Trinajstić information content (AvgIpc) is 2.41. The maximum absolute atomic E-state index is 11.0. The number of nitrogens with one attached hydrogen (secondary N) is 1. The van der Waals surface area contributed by atoms with Gasteiger partial charge in [-0.15, -0.1) is 0 Å². The van der Waals surface area contributed by atoms with Crippen molar-refractivity contribution < 1.29 is 4.92 Å². The van der Waals surface area contributed by atoms with Gasteiger partial charge in [-0.2, -0.15) is 0 Å². The first kappa shape index (κ1) is 13.4. The Balaban J connectivity index is 2.26. The third kappa shape index (κ3) is 3.23. The molecule has 0 amide bonds. The van der Waals surface area contributed by atoms with Crippen LogP contribution in [0, 0.1) is 10.1 Å². The molecule has 0 aliphatic heterocycles. The molecule has 98 valence electrons. The maximum Gasteiger partial charge on any atom is 0.293 e. The average molecular weight is 277 g/mol. The minimum atomic E-state index is -0.439. The monoisotopic (exact) mass is 276 g/mol. The number of halogens is 1. The van der Waals surface area contributed by atoms with Crippen molar-refractivity contribution in [3.05, 3.63) is 69.2 Å². The molecule has 5 heteroatoms. The first-order chi connectivity index (χ1) is 9.08. The Morgan fingerprint density at radius 1 is 1.21 bits per heavy atom. The van der Waals surface area contributed by atoms with Gasteiger partial charge < -0.3 is 5.32 Å². The molecule has 0 saturated carbocycles. The van der Waals surface area contributed by atoms with Crippen molar-refractivity contribution in [2.45, 2.75) is 13.0 Å². The fraction of sp³-hybridized carbons (Fsp3) is 0.143. The molecule has 0 unspecified atom stereocenters. The summed E-state index contributed by atoms with van der Waals surface area (Å²) in [6, 6.07) is 14.3. The standard InChI is InChI=1S/C14H13ClN2O2/c1-10(11-5-3-2-4-6-11)16-13-8-7-12(15)9-14(13)17(18)19/h2-10,16H,1H3/t10-/m0/s1.